The largest absolute Gasteiger partial charge is 0.392 e. The predicted octanol–water partition coefficient (Wildman–Crippen LogP) is 8.66. The molecule has 42 heavy (non-hydrogen) atoms. The second-order valence-electron chi connectivity index (χ2n) is 12.3. The Morgan fingerprint density at radius 1 is 1.00 bits per heavy atom. The van der Waals surface area contributed by atoms with Crippen LogP contribution in [0.4, 0.5) is 0 Å². The quantitative estimate of drug-likeness (QED) is 0.0575. The van der Waals surface area contributed by atoms with Crippen molar-refractivity contribution in [3.8, 4) is 0 Å². The third-order valence-electron chi connectivity index (χ3n) is 8.97. The molecule has 2 aliphatic rings. The number of benzene rings is 1. The smallest absolute Gasteiger partial charge is 0.184 e. The minimum absolute atomic E-state index is 0.0473. The van der Waals surface area contributed by atoms with E-state index in [1.165, 1.54) is 57.8 Å². The number of unbranched alkanes of at least 4 members (excludes halogenated alkanes) is 9. The molecule has 0 bridgehead atoms. The zero-order valence-corrected chi connectivity index (χ0v) is 26.4. The summed E-state index contributed by atoms with van der Waals surface area (Å²) in [7, 11) is 0. The van der Waals surface area contributed by atoms with Gasteiger partial charge >= 0.3 is 0 Å². The molecule has 0 radical (unpaired) electrons. The molecule has 2 fully saturated rings. The van der Waals surface area contributed by atoms with Crippen LogP contribution in [0.3, 0.4) is 0 Å². The fraction of sp³-hybridized carbons (Fsp3) is 0.765. The number of hydrogen-bond donors (Lipinski definition) is 1. The van der Waals surface area contributed by atoms with Gasteiger partial charge < -0.3 is 24.1 Å². The van der Waals surface area contributed by atoms with E-state index < -0.39 is 24.7 Å². The summed E-state index contributed by atoms with van der Waals surface area (Å²) in [5, 5.41) is 14.9. The van der Waals surface area contributed by atoms with Gasteiger partial charge in [0.25, 0.3) is 0 Å². The number of allylic oxidation sites excluding steroid dienone is 2. The van der Waals surface area contributed by atoms with Crippen LogP contribution in [-0.2, 0) is 18.9 Å². The molecule has 1 aromatic rings. The summed E-state index contributed by atoms with van der Waals surface area (Å²) >= 11 is 0. The highest BCUT2D eigenvalue weighted by Gasteiger charge is 2.46. The average Bonchev–Trinajstić information content (AvgIpc) is 3.01. The first-order valence-corrected chi connectivity index (χ1v) is 16.4. The van der Waals surface area contributed by atoms with E-state index in [2.05, 4.69) is 42.9 Å². The molecule has 2 heterocycles. The van der Waals surface area contributed by atoms with Crippen molar-refractivity contribution in [2.24, 2.45) is 22.9 Å². The lowest BCUT2D eigenvalue weighted by atomic mass is 9.84. The highest BCUT2D eigenvalue weighted by Crippen LogP contribution is 2.39. The first kappa shape index (κ1) is 34.6. The molecule has 236 valence electrons. The first-order chi connectivity index (χ1) is 20.5. The number of aliphatic hydroxyl groups excluding tert-OH is 1. The summed E-state index contributed by atoms with van der Waals surface area (Å²) in [6, 6.07) is 9.25. The predicted molar refractivity (Wildman–Crippen MR) is 167 cm³/mol. The van der Waals surface area contributed by atoms with Crippen molar-refractivity contribution in [3.05, 3.63) is 58.5 Å². The van der Waals surface area contributed by atoms with E-state index in [9.17, 15) is 10.6 Å². The first-order valence-electron chi connectivity index (χ1n) is 16.4. The molecule has 1 aromatic carbocycles. The monoisotopic (exact) mass is 585 g/mol. The molecule has 1 N–H and O–H groups in total. The van der Waals surface area contributed by atoms with Crippen LogP contribution in [0.25, 0.3) is 10.4 Å². The van der Waals surface area contributed by atoms with E-state index in [-0.39, 0.29) is 36.6 Å². The second-order valence-corrected chi connectivity index (χ2v) is 12.3. The summed E-state index contributed by atoms with van der Waals surface area (Å²) < 4.78 is 24.7. The van der Waals surface area contributed by atoms with Crippen molar-refractivity contribution < 1.29 is 24.1 Å². The molecule has 8 nitrogen and oxygen atoms in total. The van der Waals surface area contributed by atoms with Crippen molar-refractivity contribution in [2.75, 3.05) is 13.2 Å². The number of aliphatic hydroxyl groups is 1. The van der Waals surface area contributed by atoms with Gasteiger partial charge in [-0.25, -0.2) is 0 Å². The van der Waals surface area contributed by atoms with Crippen molar-refractivity contribution >= 4 is 0 Å². The van der Waals surface area contributed by atoms with E-state index in [0.717, 1.165) is 18.4 Å². The second kappa shape index (κ2) is 19.4. The third-order valence-corrected chi connectivity index (χ3v) is 8.97. The van der Waals surface area contributed by atoms with Gasteiger partial charge in [-0.15, -0.1) is 0 Å². The maximum atomic E-state index is 11.0. The van der Waals surface area contributed by atoms with Gasteiger partial charge in [0, 0.05) is 16.4 Å². The van der Waals surface area contributed by atoms with Crippen LogP contribution >= 0.6 is 0 Å². The molecule has 7 unspecified atom stereocenters. The van der Waals surface area contributed by atoms with Crippen LogP contribution in [-0.4, -0.2) is 49.0 Å². The van der Waals surface area contributed by atoms with Gasteiger partial charge in [0.1, 0.15) is 6.10 Å². The molecule has 2 aliphatic heterocycles. The Morgan fingerprint density at radius 3 is 2.38 bits per heavy atom. The zero-order chi connectivity index (χ0) is 30.2. The molecule has 8 heteroatoms. The molecular weight excluding hydrogens is 530 g/mol. The summed E-state index contributed by atoms with van der Waals surface area (Å²) in [5.41, 5.74) is 10.2. The Morgan fingerprint density at radius 2 is 1.69 bits per heavy atom. The summed E-state index contributed by atoms with van der Waals surface area (Å²) in [4.78, 5) is 2.99. The number of rotatable bonds is 19. The lowest BCUT2D eigenvalue weighted by Gasteiger charge is -2.48. The fourth-order valence-electron chi connectivity index (χ4n) is 5.93. The summed E-state index contributed by atoms with van der Waals surface area (Å²) in [6.45, 7) is 8.98. The van der Waals surface area contributed by atoms with Gasteiger partial charge in [0.2, 0.25) is 0 Å². The van der Waals surface area contributed by atoms with Crippen LogP contribution in [0.1, 0.15) is 110 Å². The third kappa shape index (κ3) is 11.0. The highest BCUT2D eigenvalue weighted by molar-refractivity contribution is 5.16. The van der Waals surface area contributed by atoms with Crippen LogP contribution in [0.5, 0.6) is 0 Å². The summed E-state index contributed by atoms with van der Waals surface area (Å²) in [5.74, 6) is 0.152. The molecule has 0 aromatic heterocycles. The summed E-state index contributed by atoms with van der Waals surface area (Å²) in [6.07, 6.45) is 16.0. The number of nitrogens with zero attached hydrogens (tertiary/aromatic N) is 3. The van der Waals surface area contributed by atoms with Gasteiger partial charge in [-0.1, -0.05) is 127 Å². The molecule has 0 saturated carbocycles. The molecular formula is C34H55N3O5. The number of hydrogen-bond acceptors (Lipinski definition) is 6. The van der Waals surface area contributed by atoms with Gasteiger partial charge in [-0.2, -0.15) is 0 Å². The molecule has 0 aliphatic carbocycles. The van der Waals surface area contributed by atoms with E-state index in [1.807, 2.05) is 37.3 Å². The zero-order valence-electron chi connectivity index (χ0n) is 26.4. The Bertz CT molecular complexity index is 938. The van der Waals surface area contributed by atoms with Crippen LogP contribution in [0, 0.1) is 17.8 Å². The highest BCUT2D eigenvalue weighted by atomic mass is 16.7. The normalized spacial score (nSPS) is 28.1. The van der Waals surface area contributed by atoms with E-state index in [1.54, 1.807) is 0 Å². The number of ether oxygens (including phenoxy) is 4. The number of azide groups is 1. The lowest BCUT2D eigenvalue weighted by Crippen LogP contribution is -2.56. The Kier molecular flexibility index (Phi) is 15.9. The van der Waals surface area contributed by atoms with Crippen molar-refractivity contribution in [1.29, 1.82) is 0 Å². The topological polar surface area (TPSA) is 106 Å². The minimum atomic E-state index is -0.810. The number of fused-ring (bicyclic) bond motifs is 1. The average molecular weight is 586 g/mol. The van der Waals surface area contributed by atoms with Crippen LogP contribution < -0.4 is 0 Å². The Hall–Kier alpha value is -1.93. The SMILES string of the molecule is CCCCCCCCCCC/C=C/C[C@@H](C)[C@@H](O)C(COC1OC2COC(c3ccccc3)OC2C(C)C1C)N=[N+]=[N-]. The maximum Gasteiger partial charge on any atom is 0.184 e. The molecule has 3 rings (SSSR count). The lowest BCUT2D eigenvalue weighted by molar-refractivity contribution is -0.343. The van der Waals surface area contributed by atoms with Crippen LogP contribution in [0.2, 0.25) is 0 Å². The van der Waals surface area contributed by atoms with Crippen molar-refractivity contribution in [2.45, 2.75) is 135 Å². The molecule has 9 atom stereocenters. The van der Waals surface area contributed by atoms with E-state index >= 15 is 0 Å². The standard InChI is InChI=1S/C34H55N3O5/c1-5-6-7-8-9-10-11-12-13-14-15-17-20-25(2)31(38)29(36-37-35)23-39-33-27(4)26(3)32-30(41-33)24-40-34(42-32)28-21-18-16-19-22-28/h15-19,21-22,25-27,29-34,38H,5-14,20,23-24H2,1-4H3/b17-15+/t25-,26?,27?,29?,30?,31-,32?,33?,34?/m1/s1. The van der Waals surface area contributed by atoms with Crippen molar-refractivity contribution in [3.63, 3.8) is 0 Å². The van der Waals surface area contributed by atoms with Gasteiger partial charge in [0.15, 0.2) is 12.6 Å². The van der Waals surface area contributed by atoms with E-state index in [0.29, 0.717) is 6.61 Å². The Balaban J connectivity index is 1.38. The molecule has 0 amide bonds. The van der Waals surface area contributed by atoms with Crippen molar-refractivity contribution in [1.82, 2.24) is 0 Å². The Labute approximate surface area is 253 Å². The van der Waals surface area contributed by atoms with Gasteiger partial charge in [-0.3, -0.25) is 0 Å². The van der Waals surface area contributed by atoms with Crippen LogP contribution in [0.15, 0.2) is 47.6 Å². The van der Waals surface area contributed by atoms with Gasteiger partial charge in [-0.05, 0) is 36.6 Å². The van der Waals surface area contributed by atoms with Gasteiger partial charge in [0.05, 0.1) is 31.5 Å². The van der Waals surface area contributed by atoms with E-state index in [4.69, 9.17) is 18.9 Å². The molecule has 2 saturated heterocycles. The minimum Gasteiger partial charge on any atom is -0.392 e. The fourth-order valence-corrected chi connectivity index (χ4v) is 5.93. The maximum absolute atomic E-state index is 11.0. The molecule has 0 spiro atoms.